The predicted octanol–water partition coefficient (Wildman–Crippen LogP) is 29.2. The number of hydrogen-bond donors (Lipinski definition) is 0. The van der Waals surface area contributed by atoms with E-state index in [1.54, 1.807) is 66.7 Å². The first-order chi connectivity index (χ1) is 67.9. The Morgan fingerprint density at radius 2 is 0.407 bits per heavy atom. The third-order valence-corrected chi connectivity index (χ3v) is 25.8. The molecule has 0 bridgehead atoms. The van der Waals surface area contributed by atoms with Crippen LogP contribution in [0.25, 0.3) is 110 Å². The van der Waals surface area contributed by atoms with Crippen LogP contribution in [0.3, 0.4) is 0 Å². The lowest BCUT2D eigenvalue weighted by atomic mass is 9.97. The molecule has 20 nitrogen and oxygen atoms in total. The Hall–Kier alpha value is -15.7. The molecule has 10 aromatic heterocycles. The molecule has 0 fully saturated rings. The third-order valence-electron chi connectivity index (χ3n) is 25.8. The van der Waals surface area contributed by atoms with Crippen molar-refractivity contribution in [3.63, 3.8) is 0 Å². The fourth-order valence-electron chi connectivity index (χ4n) is 18.7. The van der Waals surface area contributed by atoms with Crippen LogP contribution in [-0.2, 0) is 25.7 Å². The quantitative estimate of drug-likeness (QED) is 0.0229. The molecule has 0 radical (unpaired) electrons. The Balaban J connectivity index is 0.000000127. The Morgan fingerprint density at radius 1 is 0.207 bits per heavy atom. The predicted molar refractivity (Wildman–Crippen MR) is 550 cm³/mol. The maximum Gasteiger partial charge on any atom is 0.336 e. The highest BCUT2D eigenvalue weighted by Gasteiger charge is 2.31. The van der Waals surface area contributed by atoms with Gasteiger partial charge in [0.25, 0.3) is 0 Å². The average Bonchev–Trinajstić information content (AvgIpc) is 1.60. The highest BCUT2D eigenvalue weighted by Crippen LogP contribution is 2.42. The van der Waals surface area contributed by atoms with E-state index >= 15 is 0 Å². The first-order valence-electron chi connectivity index (χ1n) is 48.4. The van der Waals surface area contributed by atoms with Crippen molar-refractivity contribution in [3.8, 4) is 0 Å². The molecule has 0 aliphatic carbocycles. The average molecular weight is 1870 g/mol. The van der Waals surface area contributed by atoms with Gasteiger partial charge in [-0.05, 0) is 175 Å². The molecule has 10 heterocycles. The van der Waals surface area contributed by atoms with Crippen LogP contribution in [0.15, 0.2) is 311 Å². The first kappa shape index (κ1) is 97.4. The summed E-state index contributed by atoms with van der Waals surface area (Å²) in [7, 11) is 0. The Labute approximate surface area is 806 Å². The number of benzene rings is 10. The fourth-order valence-corrected chi connectivity index (χ4v) is 18.7. The molecule has 10 aromatic carbocycles. The highest BCUT2D eigenvalue weighted by atomic mass is 16.4. The molecule has 20 heteroatoms. The number of ketones is 5. The molecule has 0 saturated heterocycles. The van der Waals surface area contributed by atoms with Crippen LogP contribution in [0.2, 0.25) is 0 Å². The molecule has 0 spiro atoms. The Kier molecular flexibility index (Phi) is 30.7. The van der Waals surface area contributed by atoms with E-state index in [0.717, 1.165) is 163 Å². The number of aryl methyl sites for hydroxylation is 10. The van der Waals surface area contributed by atoms with Crippen molar-refractivity contribution in [3.05, 3.63) is 407 Å². The van der Waals surface area contributed by atoms with Crippen molar-refractivity contribution in [2.45, 2.75) is 198 Å². The molecule has 0 aliphatic heterocycles. The van der Waals surface area contributed by atoms with E-state index in [9.17, 15) is 47.9 Å². The van der Waals surface area contributed by atoms with Crippen LogP contribution in [0, 0.1) is 41.5 Å². The summed E-state index contributed by atoms with van der Waals surface area (Å²) in [5, 5.41) is 7.95. The van der Waals surface area contributed by atoms with E-state index in [-0.39, 0.29) is 40.3 Å². The summed E-state index contributed by atoms with van der Waals surface area (Å²) in [5.74, 6) is 0.869. The van der Waals surface area contributed by atoms with Crippen molar-refractivity contribution in [2.75, 3.05) is 0 Å². The zero-order valence-electron chi connectivity index (χ0n) is 80.4. The van der Waals surface area contributed by atoms with Gasteiger partial charge in [-0.2, -0.15) is 0 Å². The molecule has 0 saturated carbocycles. The number of fused-ring (bicyclic) bond motifs is 15. The Morgan fingerprint density at radius 3 is 0.664 bits per heavy atom. The molecular formula is C120H110O20. The Bertz CT molecular complexity index is 8330. The molecule has 0 amide bonds. The molecule has 710 valence electrons. The molecular weight excluding hydrogens is 1760 g/mol. The maximum absolute atomic E-state index is 13.4. The number of hydrogen-bond acceptors (Lipinski definition) is 20. The van der Waals surface area contributed by atoms with E-state index in [1.807, 2.05) is 194 Å². The lowest BCUT2D eigenvalue weighted by molar-refractivity contribution is 0.100. The summed E-state index contributed by atoms with van der Waals surface area (Å²) >= 11 is 0. The zero-order chi connectivity index (χ0) is 98.4. The normalized spacial score (nSPS) is 11.4. The zero-order valence-corrected chi connectivity index (χ0v) is 80.4. The summed E-state index contributed by atoms with van der Waals surface area (Å²) in [6, 6.07) is 71.5. The summed E-state index contributed by atoms with van der Waals surface area (Å²) in [6.45, 7) is 19.8. The van der Waals surface area contributed by atoms with E-state index in [1.165, 1.54) is 68.9 Å². The molecule has 0 N–H and O–H groups in total. The lowest BCUT2D eigenvalue weighted by Crippen LogP contribution is -2.04. The maximum atomic E-state index is 13.4. The van der Waals surface area contributed by atoms with Gasteiger partial charge in [-0.1, -0.05) is 263 Å². The fraction of sp³-hybridized carbons (Fsp3) is 0.250. The van der Waals surface area contributed by atoms with Crippen LogP contribution in [0.5, 0.6) is 0 Å². The minimum absolute atomic E-state index is 0.135. The van der Waals surface area contributed by atoms with Gasteiger partial charge in [0.2, 0.25) is 28.9 Å². The number of carbonyl (C=O) groups excluding carboxylic acids is 5. The second-order valence-electron chi connectivity index (χ2n) is 35.7. The smallest absolute Gasteiger partial charge is 0.336 e. The number of carbonyl (C=O) groups is 5. The van der Waals surface area contributed by atoms with Crippen molar-refractivity contribution >= 4 is 139 Å². The second kappa shape index (κ2) is 44.2. The minimum atomic E-state index is -0.413. The molecule has 0 aliphatic rings. The molecule has 20 aromatic rings. The van der Waals surface area contributed by atoms with Crippen LogP contribution in [-0.4, -0.2) is 28.9 Å². The summed E-state index contributed by atoms with van der Waals surface area (Å²) in [6.07, 6.45) is 20.7. The number of furan rings is 5. The van der Waals surface area contributed by atoms with Gasteiger partial charge in [-0.25, -0.2) is 24.0 Å². The standard InChI is InChI=1S/C29H32O4.C25H24O4.C24H22O4.C22H18O4.C20H14O4/c1-3-4-5-6-7-8-9-13-16-23-26-24(18-17-22-20(2)19-25(30)33-28(22)26)32-29(23)27(31)21-14-11-10-12-15-21;1-3-4-5-9-12-19-22-20(14-13-18-16(2)15-21(26)29-24(18)22)28-25(19)23(27)17-10-7-6-8-11-17;1-3-4-6-11-18-21-19(13-12-17-15(2)14-20(25)28-23(17)21)27-24(18)22(26)16-9-7-5-8-10-16;1-3-7-16-19-17(11-10-15-13(2)12-18(23)26-21(15)19)25-22(16)20(24)14-8-5-4-6-9-14;1-11-10-16(21)24-20-14(11)8-9-15-17(20)12(2)19(23-15)18(22)13-6-4-3-5-7-13/h10-12,14-15,17-19H,3-9,13,16H2,1-2H3;6-8,10-11,13-15H,3-5,9,12H2,1-2H3;5,7-10,12-14H,3-4,6,11H2,1-2H3;4-6,8-12H,3,7H2,1-2H3;3-10H,1-2H3. The molecule has 0 atom stereocenters. The van der Waals surface area contributed by atoms with Crippen LogP contribution in [0.1, 0.15) is 267 Å². The van der Waals surface area contributed by atoms with Gasteiger partial charge >= 0.3 is 28.1 Å². The van der Waals surface area contributed by atoms with Gasteiger partial charge in [-0.15, -0.1) is 0 Å². The molecule has 20 rings (SSSR count). The van der Waals surface area contributed by atoms with Gasteiger partial charge in [0.05, 0.1) is 26.9 Å². The van der Waals surface area contributed by atoms with Crippen molar-refractivity contribution in [1.29, 1.82) is 0 Å². The van der Waals surface area contributed by atoms with Crippen molar-refractivity contribution in [2.24, 2.45) is 0 Å². The van der Waals surface area contributed by atoms with E-state index < -0.39 is 22.5 Å². The summed E-state index contributed by atoms with van der Waals surface area (Å²) in [4.78, 5) is 125. The minimum Gasteiger partial charge on any atom is -0.452 e. The van der Waals surface area contributed by atoms with E-state index in [4.69, 9.17) is 44.2 Å². The van der Waals surface area contributed by atoms with Crippen molar-refractivity contribution < 1.29 is 68.1 Å². The monoisotopic (exact) mass is 1870 g/mol. The SMILES string of the molecule is CCCCCCCCCCc1c(C(=O)c2ccccc2)oc2ccc3c(C)cc(=O)oc3c12.CCCCCCc1c(C(=O)c2ccccc2)oc2ccc3c(C)cc(=O)oc3c12.CCCCCc1c(C(=O)c2ccccc2)oc2ccc3c(C)cc(=O)oc3c12.CCCc1c(C(=O)c2ccccc2)oc2ccc3c(C)cc(=O)oc3c12.Cc1cc(=O)oc2c1ccc1oc(C(=O)c3ccccc3)c(C)c12. The summed E-state index contributed by atoms with van der Waals surface area (Å²) < 4.78 is 57.7. The van der Waals surface area contributed by atoms with Crippen LogP contribution < -0.4 is 28.1 Å². The van der Waals surface area contributed by atoms with Gasteiger partial charge in [0.15, 0.2) is 28.8 Å². The lowest BCUT2D eigenvalue weighted by Gasteiger charge is -2.06. The molecule has 0 unspecified atom stereocenters. The largest absolute Gasteiger partial charge is 0.452 e. The van der Waals surface area contributed by atoms with Crippen LogP contribution in [0.4, 0.5) is 0 Å². The van der Waals surface area contributed by atoms with Gasteiger partial charge in [0, 0.05) is 113 Å². The number of unbranched alkanes of at least 4 members (excludes halogenated alkanes) is 12. The van der Waals surface area contributed by atoms with E-state index in [2.05, 4.69) is 20.8 Å². The second-order valence-corrected chi connectivity index (χ2v) is 35.7. The first-order valence-corrected chi connectivity index (χ1v) is 48.4. The topological polar surface area (TPSA) is 302 Å². The number of rotatable bonds is 30. The van der Waals surface area contributed by atoms with Gasteiger partial charge in [0.1, 0.15) is 55.8 Å². The van der Waals surface area contributed by atoms with E-state index in [0.29, 0.717) is 143 Å². The van der Waals surface area contributed by atoms with Crippen LogP contribution >= 0.6 is 0 Å². The summed E-state index contributed by atoms with van der Waals surface area (Å²) in [5.41, 5.74) is 14.5. The van der Waals surface area contributed by atoms with Crippen molar-refractivity contribution in [1.82, 2.24) is 0 Å². The highest BCUT2D eigenvalue weighted by molar-refractivity contribution is 6.19. The third kappa shape index (κ3) is 20.9. The van der Waals surface area contributed by atoms with Gasteiger partial charge in [-0.3, -0.25) is 24.0 Å². The molecule has 140 heavy (non-hydrogen) atoms. The van der Waals surface area contributed by atoms with Gasteiger partial charge < -0.3 is 44.2 Å².